The van der Waals surface area contributed by atoms with E-state index in [1.54, 1.807) is 0 Å². The van der Waals surface area contributed by atoms with E-state index in [9.17, 15) is 27.2 Å². The molecule has 0 unspecified atom stereocenters. The number of carboxylic acid groups (broad SMARTS) is 1. The minimum absolute atomic E-state index is 0.105. The first-order chi connectivity index (χ1) is 9.21. The van der Waals surface area contributed by atoms with Gasteiger partial charge in [-0.3, -0.25) is 4.79 Å². The van der Waals surface area contributed by atoms with E-state index in [0.29, 0.717) is 0 Å². The molecule has 0 spiro atoms. The summed E-state index contributed by atoms with van der Waals surface area (Å²) in [5.74, 6) is -4.55. The smallest absolute Gasteiger partial charge is 0.471 e. The van der Waals surface area contributed by atoms with Crippen molar-refractivity contribution < 1.29 is 32.3 Å². The molecule has 1 aromatic carbocycles. The molecule has 4 nitrogen and oxygen atoms in total. The fourth-order valence-corrected chi connectivity index (χ4v) is 1.24. The Balaban J connectivity index is 2.89. The van der Waals surface area contributed by atoms with Gasteiger partial charge in [0.05, 0.1) is 12.1 Å². The SMILES string of the molecule is O=C(O)C(=Cc1ccccc1F)CNC(=O)C(F)(F)F. The number of hydrogen-bond donors (Lipinski definition) is 2. The van der Waals surface area contributed by atoms with Crippen LogP contribution in [0.2, 0.25) is 0 Å². The molecule has 0 atom stereocenters. The zero-order chi connectivity index (χ0) is 15.3. The van der Waals surface area contributed by atoms with E-state index in [-0.39, 0.29) is 5.56 Å². The minimum Gasteiger partial charge on any atom is -0.478 e. The molecule has 0 heterocycles. The summed E-state index contributed by atoms with van der Waals surface area (Å²) in [5.41, 5.74) is -0.682. The summed E-state index contributed by atoms with van der Waals surface area (Å²) in [7, 11) is 0. The van der Waals surface area contributed by atoms with Gasteiger partial charge in [-0.2, -0.15) is 13.2 Å². The highest BCUT2D eigenvalue weighted by atomic mass is 19.4. The molecule has 0 radical (unpaired) electrons. The van der Waals surface area contributed by atoms with Crippen LogP contribution in [-0.2, 0) is 9.59 Å². The van der Waals surface area contributed by atoms with Crippen molar-refractivity contribution in [3.05, 3.63) is 41.2 Å². The van der Waals surface area contributed by atoms with Crippen molar-refractivity contribution in [2.75, 3.05) is 6.54 Å². The second-order valence-corrected chi connectivity index (χ2v) is 3.68. The van der Waals surface area contributed by atoms with Gasteiger partial charge in [-0.15, -0.1) is 0 Å². The summed E-state index contributed by atoms with van der Waals surface area (Å²) in [5, 5.41) is 10.2. The highest BCUT2D eigenvalue weighted by Gasteiger charge is 2.38. The Hall–Kier alpha value is -2.38. The van der Waals surface area contributed by atoms with Gasteiger partial charge in [0.2, 0.25) is 0 Å². The third-order valence-corrected chi connectivity index (χ3v) is 2.21. The van der Waals surface area contributed by atoms with Crippen molar-refractivity contribution in [3.63, 3.8) is 0 Å². The van der Waals surface area contributed by atoms with E-state index in [1.165, 1.54) is 23.5 Å². The predicted octanol–water partition coefficient (Wildman–Crippen LogP) is 1.97. The Morgan fingerprint density at radius 2 is 1.85 bits per heavy atom. The highest BCUT2D eigenvalue weighted by molar-refractivity contribution is 5.94. The van der Waals surface area contributed by atoms with E-state index in [0.717, 1.165) is 12.1 Å². The summed E-state index contributed by atoms with van der Waals surface area (Å²) in [6.07, 6.45) is -4.25. The monoisotopic (exact) mass is 291 g/mol. The van der Waals surface area contributed by atoms with Crippen LogP contribution >= 0.6 is 0 Å². The van der Waals surface area contributed by atoms with Crippen molar-refractivity contribution >= 4 is 18.0 Å². The fraction of sp³-hybridized carbons (Fsp3) is 0.167. The standard InChI is InChI=1S/C12H9F4NO3/c13-9-4-2-1-3-7(9)5-8(10(18)19)6-17-11(20)12(14,15)16/h1-5H,6H2,(H,17,20)(H,18,19). The van der Waals surface area contributed by atoms with Gasteiger partial charge in [0.1, 0.15) is 5.82 Å². The van der Waals surface area contributed by atoms with E-state index in [1.807, 2.05) is 0 Å². The number of aliphatic carboxylic acids is 1. The number of carbonyl (C=O) groups excluding carboxylic acids is 1. The molecule has 0 bridgehead atoms. The summed E-state index contributed by atoms with van der Waals surface area (Å²) in [6, 6.07) is 5.13. The van der Waals surface area contributed by atoms with Crippen LogP contribution in [0, 0.1) is 5.82 Å². The van der Waals surface area contributed by atoms with Crippen LogP contribution in [-0.4, -0.2) is 29.7 Å². The van der Waals surface area contributed by atoms with Crippen LogP contribution < -0.4 is 5.32 Å². The maximum absolute atomic E-state index is 13.3. The van der Waals surface area contributed by atoms with Crippen molar-refractivity contribution in [2.45, 2.75) is 6.18 Å². The van der Waals surface area contributed by atoms with Gasteiger partial charge in [0.15, 0.2) is 0 Å². The van der Waals surface area contributed by atoms with Gasteiger partial charge in [-0.1, -0.05) is 18.2 Å². The summed E-state index contributed by atoms with van der Waals surface area (Å²) >= 11 is 0. The van der Waals surface area contributed by atoms with Gasteiger partial charge >= 0.3 is 18.1 Å². The summed E-state index contributed by atoms with van der Waals surface area (Å²) in [4.78, 5) is 21.4. The largest absolute Gasteiger partial charge is 0.478 e. The molecule has 1 rings (SSSR count). The van der Waals surface area contributed by atoms with Crippen LogP contribution in [0.5, 0.6) is 0 Å². The number of rotatable bonds is 4. The van der Waals surface area contributed by atoms with Gasteiger partial charge in [-0.25, -0.2) is 9.18 Å². The number of carbonyl (C=O) groups is 2. The van der Waals surface area contributed by atoms with Crippen LogP contribution in [0.3, 0.4) is 0 Å². The molecule has 8 heteroatoms. The van der Waals surface area contributed by atoms with Gasteiger partial charge < -0.3 is 10.4 Å². The number of hydrogen-bond acceptors (Lipinski definition) is 2. The molecule has 0 aliphatic heterocycles. The lowest BCUT2D eigenvalue weighted by atomic mass is 10.1. The van der Waals surface area contributed by atoms with Crippen LogP contribution in [0.25, 0.3) is 6.08 Å². The first-order valence-electron chi connectivity index (χ1n) is 5.25. The number of carboxylic acids is 1. The molecule has 108 valence electrons. The van der Waals surface area contributed by atoms with Crippen molar-refractivity contribution in [1.29, 1.82) is 0 Å². The quantitative estimate of drug-likeness (QED) is 0.658. The molecule has 1 amide bonds. The molecule has 0 aromatic heterocycles. The summed E-state index contributed by atoms with van der Waals surface area (Å²) in [6.45, 7) is -0.873. The lowest BCUT2D eigenvalue weighted by Crippen LogP contribution is -2.38. The zero-order valence-corrected chi connectivity index (χ0v) is 9.87. The number of benzene rings is 1. The van der Waals surface area contributed by atoms with Crippen molar-refractivity contribution in [3.8, 4) is 0 Å². The third-order valence-electron chi connectivity index (χ3n) is 2.21. The van der Waals surface area contributed by atoms with Crippen LogP contribution in [0.1, 0.15) is 5.56 Å². The number of amides is 1. The normalized spacial score (nSPS) is 12.1. The molecular weight excluding hydrogens is 282 g/mol. The molecule has 0 saturated carbocycles. The Bertz CT molecular complexity index is 552. The second-order valence-electron chi connectivity index (χ2n) is 3.68. The Morgan fingerprint density at radius 1 is 1.25 bits per heavy atom. The molecule has 0 aliphatic carbocycles. The predicted molar refractivity (Wildman–Crippen MR) is 61.1 cm³/mol. The molecule has 20 heavy (non-hydrogen) atoms. The van der Waals surface area contributed by atoms with E-state index in [4.69, 9.17) is 5.11 Å². The van der Waals surface area contributed by atoms with E-state index >= 15 is 0 Å². The molecule has 2 N–H and O–H groups in total. The van der Waals surface area contributed by atoms with Gasteiger partial charge in [0.25, 0.3) is 0 Å². The average molecular weight is 291 g/mol. The molecule has 0 fully saturated rings. The molecule has 0 aliphatic rings. The van der Waals surface area contributed by atoms with Crippen LogP contribution in [0.4, 0.5) is 17.6 Å². The average Bonchev–Trinajstić information content (AvgIpc) is 2.34. The lowest BCUT2D eigenvalue weighted by Gasteiger charge is -2.08. The first kappa shape index (κ1) is 15.7. The number of halogens is 4. The van der Waals surface area contributed by atoms with Gasteiger partial charge in [0, 0.05) is 5.56 Å². The second kappa shape index (κ2) is 6.18. The van der Waals surface area contributed by atoms with Gasteiger partial charge in [-0.05, 0) is 12.1 Å². The number of alkyl halides is 3. The molecule has 1 aromatic rings. The van der Waals surface area contributed by atoms with Crippen molar-refractivity contribution in [2.24, 2.45) is 0 Å². The van der Waals surface area contributed by atoms with E-state index in [2.05, 4.69) is 0 Å². The maximum Gasteiger partial charge on any atom is 0.471 e. The topological polar surface area (TPSA) is 66.4 Å². The Labute approximate surface area is 110 Å². The third kappa shape index (κ3) is 4.38. The highest BCUT2D eigenvalue weighted by Crippen LogP contribution is 2.15. The Kier molecular flexibility index (Phi) is 4.84. The minimum atomic E-state index is -5.11. The maximum atomic E-state index is 13.3. The van der Waals surface area contributed by atoms with Crippen molar-refractivity contribution in [1.82, 2.24) is 5.32 Å². The van der Waals surface area contributed by atoms with Crippen LogP contribution in [0.15, 0.2) is 29.8 Å². The van der Waals surface area contributed by atoms with E-state index < -0.39 is 36.0 Å². The molecule has 0 saturated heterocycles. The summed E-state index contributed by atoms with van der Waals surface area (Å²) < 4.78 is 49.2. The fourth-order valence-electron chi connectivity index (χ4n) is 1.24. The molecular formula is C12H9F4NO3. The Morgan fingerprint density at radius 3 is 2.35 bits per heavy atom. The lowest BCUT2D eigenvalue weighted by molar-refractivity contribution is -0.173. The number of nitrogens with one attached hydrogen (secondary N) is 1. The first-order valence-corrected chi connectivity index (χ1v) is 5.25. The zero-order valence-electron chi connectivity index (χ0n) is 9.87.